The van der Waals surface area contributed by atoms with E-state index in [0.29, 0.717) is 18.7 Å². The van der Waals surface area contributed by atoms with Crippen molar-refractivity contribution in [1.29, 1.82) is 0 Å². The van der Waals surface area contributed by atoms with E-state index >= 15 is 0 Å². The van der Waals surface area contributed by atoms with Crippen LogP contribution in [-0.4, -0.2) is 30.8 Å². The Morgan fingerprint density at radius 2 is 1.71 bits per heavy atom. The lowest BCUT2D eigenvalue weighted by Crippen LogP contribution is -2.24. The third kappa shape index (κ3) is 4.83. The van der Waals surface area contributed by atoms with Crippen LogP contribution in [0.4, 0.5) is 0 Å². The van der Waals surface area contributed by atoms with Crippen LogP contribution in [0.1, 0.15) is 39.7 Å². The second-order valence-corrected chi connectivity index (χ2v) is 7.07. The summed E-state index contributed by atoms with van der Waals surface area (Å²) in [5.41, 5.74) is 3.93. The van der Waals surface area contributed by atoms with Crippen LogP contribution in [-0.2, 0) is 11.4 Å². The van der Waals surface area contributed by atoms with Crippen molar-refractivity contribution >= 4 is 11.6 Å². The van der Waals surface area contributed by atoms with Crippen LogP contribution < -0.4 is 14.8 Å². The maximum Gasteiger partial charge on any atom is 0.270 e. The summed E-state index contributed by atoms with van der Waals surface area (Å²) in [5, 5.41) is 7.12. The average molecular weight is 417 g/mol. The van der Waals surface area contributed by atoms with Crippen LogP contribution in [0, 0.1) is 0 Å². The molecule has 2 heterocycles. The van der Waals surface area contributed by atoms with Gasteiger partial charge in [-0.3, -0.25) is 9.78 Å². The first-order valence-corrected chi connectivity index (χ1v) is 9.90. The molecular weight excluding hydrogens is 394 g/mol. The first-order chi connectivity index (χ1) is 15.2. The topological polar surface area (TPSA) is 82.0 Å². The van der Waals surface area contributed by atoms with Gasteiger partial charge in [-0.25, -0.2) is 0 Å². The molecule has 0 saturated heterocycles. The molecule has 2 aromatic carbocycles. The number of benzene rings is 2. The number of ether oxygens (including phenoxy) is 2. The average Bonchev–Trinajstić information content (AvgIpc) is 3.33. The van der Waals surface area contributed by atoms with Gasteiger partial charge in [-0.15, -0.1) is 0 Å². The fourth-order valence-electron chi connectivity index (χ4n) is 3.30. The van der Waals surface area contributed by atoms with Crippen LogP contribution in [0.3, 0.4) is 0 Å². The molecular formula is C24H23N3O4. The molecule has 1 atom stereocenters. The van der Waals surface area contributed by atoms with Gasteiger partial charge in [0.2, 0.25) is 0 Å². The maximum absolute atomic E-state index is 12.6. The Morgan fingerprint density at radius 1 is 1.03 bits per heavy atom. The summed E-state index contributed by atoms with van der Waals surface area (Å²) in [5.74, 6) is 1.32. The molecule has 0 spiro atoms. The second-order valence-electron chi connectivity index (χ2n) is 7.07. The third-order valence-corrected chi connectivity index (χ3v) is 5.09. The molecule has 0 fully saturated rings. The van der Waals surface area contributed by atoms with E-state index in [-0.39, 0.29) is 12.0 Å². The van der Waals surface area contributed by atoms with Gasteiger partial charge in [0.1, 0.15) is 17.2 Å². The predicted molar refractivity (Wildman–Crippen MR) is 116 cm³/mol. The highest BCUT2D eigenvalue weighted by molar-refractivity contribution is 6.03. The zero-order valence-corrected chi connectivity index (χ0v) is 17.4. The lowest BCUT2D eigenvalue weighted by molar-refractivity contribution is 0.0857. The molecule has 0 radical (unpaired) electrons. The number of hydrogen-bond donors (Lipinski definition) is 1. The van der Waals surface area contributed by atoms with Gasteiger partial charge in [0, 0.05) is 24.7 Å². The summed E-state index contributed by atoms with van der Waals surface area (Å²) in [6.45, 7) is 0.401. The molecule has 31 heavy (non-hydrogen) atoms. The number of nitrogens with one attached hydrogen (secondary N) is 1. The lowest BCUT2D eigenvalue weighted by atomic mass is 10.0. The van der Waals surface area contributed by atoms with Gasteiger partial charge >= 0.3 is 0 Å². The van der Waals surface area contributed by atoms with Crippen molar-refractivity contribution < 1.29 is 19.1 Å². The minimum absolute atomic E-state index is 0.165. The smallest absolute Gasteiger partial charge is 0.270 e. The van der Waals surface area contributed by atoms with Crippen LogP contribution in [0.15, 0.2) is 72.0 Å². The van der Waals surface area contributed by atoms with Gasteiger partial charge in [0.15, 0.2) is 6.10 Å². The fourth-order valence-corrected chi connectivity index (χ4v) is 3.30. The van der Waals surface area contributed by atoms with Crippen molar-refractivity contribution in [1.82, 2.24) is 10.3 Å². The van der Waals surface area contributed by atoms with Crippen LogP contribution in [0.2, 0.25) is 0 Å². The van der Waals surface area contributed by atoms with E-state index in [9.17, 15) is 4.79 Å². The summed E-state index contributed by atoms with van der Waals surface area (Å²) in [7, 11) is 3.25. The molecule has 1 aliphatic heterocycles. The quantitative estimate of drug-likeness (QED) is 0.631. The zero-order chi connectivity index (χ0) is 21.6. The fraction of sp³-hybridized carbons (Fsp3) is 0.208. The number of pyridine rings is 1. The Hall–Kier alpha value is -3.87. The first-order valence-electron chi connectivity index (χ1n) is 9.90. The molecule has 0 bridgehead atoms. The summed E-state index contributed by atoms with van der Waals surface area (Å²) in [6.07, 6.45) is 2.06. The van der Waals surface area contributed by atoms with E-state index in [1.807, 2.05) is 54.6 Å². The summed E-state index contributed by atoms with van der Waals surface area (Å²) >= 11 is 0. The van der Waals surface area contributed by atoms with E-state index in [4.69, 9.17) is 14.3 Å². The van der Waals surface area contributed by atoms with Gasteiger partial charge < -0.3 is 19.6 Å². The van der Waals surface area contributed by atoms with Gasteiger partial charge in [0.25, 0.3) is 5.91 Å². The summed E-state index contributed by atoms with van der Waals surface area (Å²) in [4.78, 5) is 22.4. The highest BCUT2D eigenvalue weighted by Crippen LogP contribution is 2.30. The molecule has 7 nitrogen and oxygen atoms in total. The molecule has 0 aliphatic carbocycles. The predicted octanol–water partition coefficient (Wildman–Crippen LogP) is 3.89. The number of nitrogens with zero attached hydrogens (tertiary/aromatic N) is 2. The minimum atomic E-state index is -0.246. The maximum atomic E-state index is 12.6. The number of methoxy groups -OCH3 is 2. The second kappa shape index (κ2) is 9.30. The molecule has 1 N–H and O–H groups in total. The molecule has 0 saturated carbocycles. The van der Waals surface area contributed by atoms with Crippen molar-refractivity contribution in [2.24, 2.45) is 5.16 Å². The van der Waals surface area contributed by atoms with E-state index in [2.05, 4.69) is 15.5 Å². The zero-order valence-electron chi connectivity index (χ0n) is 17.4. The normalized spacial score (nSPS) is 15.0. The number of carbonyl (C=O) groups is 1. The monoisotopic (exact) mass is 417 g/mol. The Labute approximate surface area is 180 Å². The van der Waals surface area contributed by atoms with Crippen LogP contribution >= 0.6 is 0 Å². The van der Waals surface area contributed by atoms with Crippen LogP contribution in [0.25, 0.3) is 0 Å². The summed E-state index contributed by atoms with van der Waals surface area (Å²) < 4.78 is 10.3. The standard InChI is InChI=1S/C24H23N3O4/c1-29-19-7-3-16(4-8-19)15-26-24(28)22-13-18(11-12-25-22)21-14-23(31-27-21)17-5-9-20(30-2)10-6-17/h3-13,23H,14-15H2,1-2H3,(H,26,28). The number of hydrogen-bond acceptors (Lipinski definition) is 6. The Kier molecular flexibility index (Phi) is 6.12. The van der Waals surface area contributed by atoms with Crippen molar-refractivity contribution in [2.45, 2.75) is 19.1 Å². The molecule has 1 amide bonds. The molecule has 3 aromatic rings. The number of rotatable bonds is 7. The summed E-state index contributed by atoms with van der Waals surface area (Å²) in [6, 6.07) is 18.8. The Balaban J connectivity index is 1.38. The van der Waals surface area contributed by atoms with Crippen molar-refractivity contribution in [3.8, 4) is 11.5 Å². The molecule has 1 aromatic heterocycles. The SMILES string of the molecule is COc1ccc(CNC(=O)c2cc(C3=NOC(c4ccc(OC)cc4)C3)ccn2)cc1. The molecule has 1 aliphatic rings. The minimum Gasteiger partial charge on any atom is -0.497 e. The highest BCUT2D eigenvalue weighted by atomic mass is 16.6. The largest absolute Gasteiger partial charge is 0.497 e. The van der Waals surface area contributed by atoms with E-state index < -0.39 is 0 Å². The van der Waals surface area contributed by atoms with E-state index in [1.54, 1.807) is 26.5 Å². The molecule has 158 valence electrons. The van der Waals surface area contributed by atoms with Crippen molar-refractivity contribution in [2.75, 3.05) is 14.2 Å². The molecule has 4 rings (SSSR count). The van der Waals surface area contributed by atoms with Crippen molar-refractivity contribution in [3.05, 3.63) is 89.2 Å². The first kappa shape index (κ1) is 20.4. The molecule has 1 unspecified atom stereocenters. The highest BCUT2D eigenvalue weighted by Gasteiger charge is 2.24. The van der Waals surface area contributed by atoms with Gasteiger partial charge in [-0.2, -0.15) is 0 Å². The third-order valence-electron chi connectivity index (χ3n) is 5.09. The number of oxime groups is 1. The number of aromatic nitrogens is 1. The Bertz CT molecular complexity index is 1080. The number of amides is 1. The van der Waals surface area contributed by atoms with Crippen LogP contribution in [0.5, 0.6) is 11.5 Å². The van der Waals surface area contributed by atoms with Gasteiger partial charge in [0.05, 0.1) is 19.9 Å². The van der Waals surface area contributed by atoms with Gasteiger partial charge in [-0.1, -0.05) is 29.4 Å². The van der Waals surface area contributed by atoms with Gasteiger partial charge in [-0.05, 0) is 47.5 Å². The van der Waals surface area contributed by atoms with E-state index in [1.165, 1.54) is 0 Å². The van der Waals surface area contributed by atoms with E-state index in [0.717, 1.165) is 33.9 Å². The Morgan fingerprint density at radius 3 is 2.39 bits per heavy atom. The lowest BCUT2D eigenvalue weighted by Gasteiger charge is -2.09. The number of carbonyl (C=O) groups excluding carboxylic acids is 1. The van der Waals surface area contributed by atoms with Crippen molar-refractivity contribution in [3.63, 3.8) is 0 Å². The molecule has 7 heteroatoms.